The van der Waals surface area contributed by atoms with Crippen molar-refractivity contribution in [3.05, 3.63) is 46.1 Å². The van der Waals surface area contributed by atoms with Crippen molar-refractivity contribution in [2.45, 2.75) is 19.4 Å². The molecule has 0 bridgehead atoms. The van der Waals surface area contributed by atoms with E-state index in [-0.39, 0.29) is 22.3 Å². The van der Waals surface area contributed by atoms with Gasteiger partial charge in [-0.1, -0.05) is 23.2 Å². The predicted octanol–water partition coefficient (Wildman–Crippen LogP) is 3.91. The van der Waals surface area contributed by atoms with Crippen LogP contribution in [0.1, 0.15) is 35.7 Å². The van der Waals surface area contributed by atoms with Gasteiger partial charge in [-0.25, -0.2) is 4.98 Å². The zero-order valence-corrected chi connectivity index (χ0v) is 14.0. The molecule has 0 radical (unpaired) electrons. The van der Waals surface area contributed by atoms with E-state index < -0.39 is 6.10 Å². The fourth-order valence-corrected chi connectivity index (χ4v) is 3.20. The van der Waals surface area contributed by atoms with E-state index in [0.717, 1.165) is 19.5 Å². The molecule has 0 spiro atoms. The first-order chi connectivity index (χ1) is 11.1. The van der Waals surface area contributed by atoms with Gasteiger partial charge in [0.2, 0.25) is 5.89 Å². The SMILES string of the molecule is CC(=O)c1c(O[C@@H](c2ncco2)[C@H]2CCNC2)ccc(Cl)c1Cl. The predicted molar refractivity (Wildman–Crippen MR) is 87.3 cm³/mol. The molecule has 2 heterocycles. The first-order valence-corrected chi connectivity index (χ1v) is 8.09. The van der Waals surface area contributed by atoms with E-state index in [1.807, 2.05) is 0 Å². The molecule has 1 fully saturated rings. The number of rotatable bonds is 5. The van der Waals surface area contributed by atoms with Crippen LogP contribution in [0.25, 0.3) is 0 Å². The first kappa shape index (κ1) is 16.3. The van der Waals surface area contributed by atoms with E-state index in [4.69, 9.17) is 32.4 Å². The van der Waals surface area contributed by atoms with Crippen molar-refractivity contribution in [1.82, 2.24) is 10.3 Å². The Balaban J connectivity index is 1.97. The van der Waals surface area contributed by atoms with Crippen molar-refractivity contribution < 1.29 is 13.9 Å². The molecule has 0 amide bonds. The Bertz CT molecular complexity index is 698. The van der Waals surface area contributed by atoms with Crippen molar-refractivity contribution in [2.75, 3.05) is 13.1 Å². The lowest BCUT2D eigenvalue weighted by atomic mass is 10.0. The number of carbonyl (C=O) groups excluding carboxylic acids is 1. The number of nitrogens with one attached hydrogen (secondary N) is 1. The van der Waals surface area contributed by atoms with Gasteiger partial charge in [-0.3, -0.25) is 4.79 Å². The minimum Gasteiger partial charge on any atom is -0.480 e. The number of halogens is 2. The van der Waals surface area contributed by atoms with Crippen molar-refractivity contribution in [3.8, 4) is 5.75 Å². The van der Waals surface area contributed by atoms with Crippen LogP contribution in [0, 0.1) is 5.92 Å². The van der Waals surface area contributed by atoms with E-state index in [2.05, 4.69) is 10.3 Å². The molecule has 1 aliphatic heterocycles. The van der Waals surface area contributed by atoms with Gasteiger partial charge >= 0.3 is 0 Å². The summed E-state index contributed by atoms with van der Waals surface area (Å²) in [5, 5.41) is 3.82. The standard InChI is InChI=1S/C16H16Cl2N2O3/c1-9(21)13-12(3-2-11(17)14(13)18)23-15(10-4-5-19-8-10)16-20-6-7-22-16/h2-3,6-7,10,15,19H,4-5,8H2,1H3/t10-,15+/m0/s1. The van der Waals surface area contributed by atoms with E-state index in [9.17, 15) is 4.79 Å². The number of nitrogens with zero attached hydrogens (tertiary/aromatic N) is 1. The summed E-state index contributed by atoms with van der Waals surface area (Å²) >= 11 is 12.2. The van der Waals surface area contributed by atoms with Crippen molar-refractivity contribution in [2.24, 2.45) is 5.92 Å². The summed E-state index contributed by atoms with van der Waals surface area (Å²) in [4.78, 5) is 16.2. The Morgan fingerprint density at radius 2 is 2.30 bits per heavy atom. The zero-order valence-electron chi connectivity index (χ0n) is 12.5. The molecule has 2 atom stereocenters. The third-order valence-corrected chi connectivity index (χ3v) is 4.69. The smallest absolute Gasteiger partial charge is 0.235 e. The molecule has 1 aromatic heterocycles. The lowest BCUT2D eigenvalue weighted by molar-refractivity contribution is 0.0973. The third kappa shape index (κ3) is 3.37. The normalized spacial score (nSPS) is 18.8. The van der Waals surface area contributed by atoms with Crippen LogP contribution in [0.5, 0.6) is 5.75 Å². The molecule has 0 saturated carbocycles. The summed E-state index contributed by atoms with van der Waals surface area (Å²) < 4.78 is 11.5. The molecule has 1 aliphatic rings. The zero-order chi connectivity index (χ0) is 16.4. The van der Waals surface area contributed by atoms with Crippen molar-refractivity contribution in [1.29, 1.82) is 0 Å². The average molecular weight is 355 g/mol. The molecular weight excluding hydrogens is 339 g/mol. The minimum atomic E-state index is -0.393. The molecular formula is C16H16Cl2N2O3. The lowest BCUT2D eigenvalue weighted by Gasteiger charge is -2.23. The first-order valence-electron chi connectivity index (χ1n) is 7.33. The number of ether oxygens (including phenoxy) is 1. The summed E-state index contributed by atoms with van der Waals surface area (Å²) in [6.07, 6.45) is 3.63. The number of benzene rings is 1. The average Bonchev–Trinajstić information content (AvgIpc) is 3.21. The van der Waals surface area contributed by atoms with Gasteiger partial charge in [0.15, 0.2) is 11.9 Å². The second-order valence-corrected chi connectivity index (χ2v) is 6.24. The van der Waals surface area contributed by atoms with Gasteiger partial charge in [-0.05, 0) is 32.0 Å². The molecule has 0 aliphatic carbocycles. The largest absolute Gasteiger partial charge is 0.480 e. The summed E-state index contributed by atoms with van der Waals surface area (Å²) in [6, 6.07) is 3.27. The Kier molecular flexibility index (Phi) is 4.90. The second kappa shape index (κ2) is 6.91. The van der Waals surface area contributed by atoms with Gasteiger partial charge in [0.25, 0.3) is 0 Å². The number of hydrogen-bond donors (Lipinski definition) is 1. The summed E-state index contributed by atoms with van der Waals surface area (Å²) in [6.45, 7) is 3.14. The van der Waals surface area contributed by atoms with Crippen LogP contribution in [-0.2, 0) is 0 Å². The molecule has 23 heavy (non-hydrogen) atoms. The molecule has 5 nitrogen and oxygen atoms in total. The monoisotopic (exact) mass is 354 g/mol. The van der Waals surface area contributed by atoms with Crippen LogP contribution in [0.2, 0.25) is 10.0 Å². The van der Waals surface area contributed by atoms with Gasteiger partial charge in [-0.15, -0.1) is 0 Å². The highest BCUT2D eigenvalue weighted by atomic mass is 35.5. The van der Waals surface area contributed by atoms with Crippen LogP contribution < -0.4 is 10.1 Å². The highest BCUT2D eigenvalue weighted by Gasteiger charge is 2.32. The topological polar surface area (TPSA) is 64.4 Å². The van der Waals surface area contributed by atoms with E-state index in [0.29, 0.717) is 16.7 Å². The Morgan fingerprint density at radius 1 is 1.48 bits per heavy atom. The van der Waals surface area contributed by atoms with Crippen molar-refractivity contribution in [3.63, 3.8) is 0 Å². The fourth-order valence-electron chi connectivity index (χ4n) is 2.75. The lowest BCUT2D eigenvalue weighted by Crippen LogP contribution is -2.22. The maximum absolute atomic E-state index is 12.0. The van der Waals surface area contributed by atoms with E-state index >= 15 is 0 Å². The number of oxazole rings is 1. The highest BCUT2D eigenvalue weighted by molar-refractivity contribution is 6.44. The van der Waals surface area contributed by atoms with Gasteiger partial charge in [0, 0.05) is 12.5 Å². The van der Waals surface area contributed by atoms with Gasteiger partial charge in [-0.2, -0.15) is 0 Å². The van der Waals surface area contributed by atoms with Gasteiger partial charge < -0.3 is 14.5 Å². The highest BCUT2D eigenvalue weighted by Crippen LogP contribution is 2.38. The number of carbonyl (C=O) groups is 1. The number of Topliss-reactive ketones (excluding diaryl/α,β-unsaturated/α-hetero) is 1. The maximum Gasteiger partial charge on any atom is 0.235 e. The summed E-state index contributed by atoms with van der Waals surface area (Å²) in [7, 11) is 0. The Hall–Kier alpha value is -1.56. The number of aromatic nitrogens is 1. The second-order valence-electron chi connectivity index (χ2n) is 5.45. The van der Waals surface area contributed by atoms with Gasteiger partial charge in [0.05, 0.1) is 21.8 Å². The number of ketones is 1. The minimum absolute atomic E-state index is 0.197. The molecule has 3 rings (SSSR count). The van der Waals surface area contributed by atoms with Crippen LogP contribution in [0.4, 0.5) is 0 Å². The molecule has 1 aromatic carbocycles. The van der Waals surface area contributed by atoms with Crippen LogP contribution in [0.3, 0.4) is 0 Å². The van der Waals surface area contributed by atoms with Crippen LogP contribution in [-0.4, -0.2) is 23.9 Å². The van der Waals surface area contributed by atoms with Gasteiger partial charge in [0.1, 0.15) is 12.0 Å². The molecule has 7 heteroatoms. The van der Waals surface area contributed by atoms with E-state index in [1.165, 1.54) is 13.2 Å². The van der Waals surface area contributed by atoms with Crippen LogP contribution >= 0.6 is 23.2 Å². The number of hydrogen-bond acceptors (Lipinski definition) is 5. The third-order valence-electron chi connectivity index (χ3n) is 3.88. The van der Waals surface area contributed by atoms with Crippen molar-refractivity contribution >= 4 is 29.0 Å². The molecule has 1 N–H and O–H groups in total. The Morgan fingerprint density at radius 3 is 2.91 bits per heavy atom. The van der Waals surface area contributed by atoms with Crippen LogP contribution in [0.15, 0.2) is 29.0 Å². The summed E-state index contributed by atoms with van der Waals surface area (Å²) in [5.74, 6) is 0.868. The molecule has 0 unspecified atom stereocenters. The molecule has 2 aromatic rings. The van der Waals surface area contributed by atoms with E-state index in [1.54, 1.807) is 18.3 Å². The summed E-state index contributed by atoms with van der Waals surface area (Å²) in [5.41, 5.74) is 0.279. The Labute approximate surface area is 143 Å². The molecule has 1 saturated heterocycles. The maximum atomic E-state index is 12.0. The molecule has 122 valence electrons. The quantitative estimate of drug-likeness (QED) is 0.824. The fraction of sp³-hybridized carbons (Fsp3) is 0.375.